The van der Waals surface area contributed by atoms with Crippen molar-refractivity contribution in [2.24, 2.45) is 0 Å². The first kappa shape index (κ1) is 19.6. The molecule has 0 spiro atoms. The lowest BCUT2D eigenvalue weighted by Crippen LogP contribution is -2.05. The van der Waals surface area contributed by atoms with Crippen molar-refractivity contribution in [3.63, 3.8) is 0 Å². The van der Waals surface area contributed by atoms with Crippen LogP contribution in [0.5, 0.6) is 0 Å². The summed E-state index contributed by atoms with van der Waals surface area (Å²) in [6.07, 6.45) is 5.67. The molecule has 5 rings (SSSR count). The van der Waals surface area contributed by atoms with E-state index in [2.05, 4.69) is 20.3 Å². The Morgan fingerprint density at radius 3 is 2.68 bits per heavy atom. The smallest absolute Gasteiger partial charge is 0.230 e. The summed E-state index contributed by atoms with van der Waals surface area (Å²) in [4.78, 5) is 25.1. The first-order valence-electron chi connectivity index (χ1n) is 9.27. The van der Waals surface area contributed by atoms with Crippen molar-refractivity contribution in [3.8, 4) is 11.5 Å². The highest BCUT2D eigenvalue weighted by atomic mass is 32.3. The Balaban J connectivity index is 1.67. The monoisotopic (exact) mass is 446 g/mol. The molecule has 3 N–H and O–H groups in total. The van der Waals surface area contributed by atoms with Crippen LogP contribution in [0.2, 0.25) is 0 Å². The molecule has 1 aromatic carbocycles. The zero-order valence-electron chi connectivity index (χ0n) is 16.5. The van der Waals surface area contributed by atoms with Gasteiger partial charge in [-0.2, -0.15) is 10.0 Å². The molecule has 0 saturated carbocycles. The van der Waals surface area contributed by atoms with Crippen LogP contribution in [-0.2, 0) is 17.6 Å². The van der Waals surface area contributed by atoms with E-state index in [1.54, 1.807) is 10.8 Å². The number of halogens is 3. The van der Waals surface area contributed by atoms with Crippen LogP contribution in [0, 0.1) is 17.5 Å². The number of nitrogen functional groups attached to an aromatic ring is 1. The lowest BCUT2D eigenvalue weighted by atomic mass is 10.1. The molecule has 0 fully saturated rings. The van der Waals surface area contributed by atoms with Crippen molar-refractivity contribution < 1.29 is 18.0 Å². The third kappa shape index (κ3) is 2.99. The van der Waals surface area contributed by atoms with Crippen molar-refractivity contribution in [3.05, 3.63) is 51.9 Å². The first-order valence-corrected chi connectivity index (χ1v) is 11.8. The quantitative estimate of drug-likeness (QED) is 0.602. The fourth-order valence-electron chi connectivity index (χ4n) is 3.78. The molecule has 0 saturated heterocycles. The second-order valence-electron chi connectivity index (χ2n) is 7.73. The van der Waals surface area contributed by atoms with E-state index in [9.17, 15) is 18.0 Å². The number of aromatic nitrogens is 4. The van der Waals surface area contributed by atoms with Crippen molar-refractivity contribution in [2.45, 2.75) is 17.9 Å². The second kappa shape index (κ2) is 6.58. The van der Waals surface area contributed by atoms with Crippen molar-refractivity contribution in [2.75, 3.05) is 23.6 Å². The maximum Gasteiger partial charge on any atom is 0.230 e. The summed E-state index contributed by atoms with van der Waals surface area (Å²) in [5.74, 6) is -2.43. The van der Waals surface area contributed by atoms with E-state index in [-0.39, 0.29) is 30.4 Å². The van der Waals surface area contributed by atoms with Crippen molar-refractivity contribution in [1.82, 2.24) is 19.5 Å². The minimum absolute atomic E-state index is 0.102. The largest absolute Gasteiger partial charge is 0.383 e. The van der Waals surface area contributed by atoms with E-state index in [1.807, 2.05) is 17.9 Å². The number of fused-ring (bicyclic) bond motifs is 2. The van der Waals surface area contributed by atoms with Crippen LogP contribution in [0.25, 0.3) is 17.7 Å². The van der Waals surface area contributed by atoms with E-state index in [0.717, 1.165) is 17.2 Å². The molecule has 2 aliphatic heterocycles. The van der Waals surface area contributed by atoms with Gasteiger partial charge in [-0.1, -0.05) is 0 Å². The van der Waals surface area contributed by atoms with Crippen LogP contribution < -0.4 is 11.1 Å². The number of carbonyl (C=O) groups is 1. The van der Waals surface area contributed by atoms with E-state index < -0.39 is 33.0 Å². The van der Waals surface area contributed by atoms with Crippen LogP contribution in [0.1, 0.15) is 17.0 Å². The Labute approximate surface area is 176 Å². The van der Waals surface area contributed by atoms with Gasteiger partial charge in [0.25, 0.3) is 0 Å². The highest BCUT2D eigenvalue weighted by Gasteiger charge is 2.33. The Hall–Kier alpha value is -3.34. The summed E-state index contributed by atoms with van der Waals surface area (Å²) in [6, 6.07) is 1.64. The van der Waals surface area contributed by atoms with Gasteiger partial charge >= 0.3 is 0 Å². The molecule has 0 bridgehead atoms. The zero-order valence-corrected chi connectivity index (χ0v) is 17.4. The maximum absolute atomic E-state index is 14.3. The van der Waals surface area contributed by atoms with Crippen LogP contribution in [-0.4, -0.2) is 37.9 Å². The maximum atomic E-state index is 14.3. The third-order valence-corrected chi connectivity index (χ3v) is 7.50. The van der Waals surface area contributed by atoms with Gasteiger partial charge in [0.1, 0.15) is 29.0 Å². The number of nitrogens with two attached hydrogens (primary N) is 1. The molecule has 7 nitrogen and oxygen atoms in total. The van der Waals surface area contributed by atoms with Crippen molar-refractivity contribution >= 4 is 33.8 Å². The molecule has 0 unspecified atom stereocenters. The second-order valence-corrected chi connectivity index (χ2v) is 11.2. The summed E-state index contributed by atoms with van der Waals surface area (Å²) in [6.45, 7) is 0. The molecule has 0 aliphatic carbocycles. The number of rotatable bonds is 3. The van der Waals surface area contributed by atoms with Gasteiger partial charge in [0.05, 0.1) is 11.4 Å². The first-order chi connectivity index (χ1) is 14.7. The summed E-state index contributed by atoms with van der Waals surface area (Å²) in [5.41, 5.74) is 6.57. The van der Waals surface area contributed by atoms with Gasteiger partial charge < -0.3 is 11.1 Å². The number of nitrogens with one attached hydrogen (secondary N) is 1. The number of amides is 1. The molecular formula is C20H17F3N6OS. The predicted octanol–water partition coefficient (Wildman–Crippen LogP) is 3.29. The Kier molecular flexibility index (Phi) is 4.16. The summed E-state index contributed by atoms with van der Waals surface area (Å²) < 4.78 is 43.9. The number of carbonyl (C=O) groups excluding carboxylic acids is 1. The summed E-state index contributed by atoms with van der Waals surface area (Å²) in [7, 11) is -1.47. The SMILES string of the molecule is CS1(C)C=Cn2c(Cc3c(F)ccc(F)c3F)nc(-c3nc(N)c4c(n3)NC(=O)C4)c21. The number of hydrogen-bond donors (Lipinski definition) is 2. The number of anilines is 2. The molecule has 31 heavy (non-hydrogen) atoms. The van der Waals surface area contributed by atoms with E-state index in [1.165, 1.54) is 0 Å². The highest BCUT2D eigenvalue weighted by molar-refractivity contribution is 8.35. The van der Waals surface area contributed by atoms with Gasteiger partial charge in [0, 0.05) is 23.7 Å². The lowest BCUT2D eigenvalue weighted by molar-refractivity contribution is -0.115. The van der Waals surface area contributed by atoms with Crippen LogP contribution in [0.3, 0.4) is 0 Å². The normalized spacial score (nSPS) is 16.9. The molecule has 0 radical (unpaired) electrons. The lowest BCUT2D eigenvalue weighted by Gasteiger charge is -2.23. The minimum atomic E-state index is -1.47. The van der Waals surface area contributed by atoms with Gasteiger partial charge in [0.2, 0.25) is 5.91 Å². The van der Waals surface area contributed by atoms with Crippen LogP contribution in [0.4, 0.5) is 24.8 Å². The molecule has 1 amide bonds. The van der Waals surface area contributed by atoms with Gasteiger partial charge in [-0.15, -0.1) is 0 Å². The zero-order chi connectivity index (χ0) is 22.1. The fraction of sp³-hybridized carbons (Fsp3) is 0.200. The average molecular weight is 446 g/mol. The van der Waals surface area contributed by atoms with E-state index in [4.69, 9.17) is 5.73 Å². The molecule has 4 heterocycles. The molecule has 3 aromatic rings. The summed E-state index contributed by atoms with van der Waals surface area (Å²) >= 11 is 0. The van der Waals surface area contributed by atoms with Gasteiger partial charge in [-0.05, 0) is 30.1 Å². The van der Waals surface area contributed by atoms with Crippen LogP contribution in [0.15, 0.2) is 22.6 Å². The number of imidazole rings is 1. The Bertz CT molecular complexity index is 1320. The molecule has 160 valence electrons. The predicted molar refractivity (Wildman–Crippen MR) is 112 cm³/mol. The number of benzene rings is 1. The standard InChI is InChI=1S/C20H17F3N6OS/c1-31(2)6-5-29-13(7-9-11(21)3-4-12(22)15(9)23)25-16(20(29)31)19-27-17(24)10-8-14(30)26-18(10)28-19/h3-6H,7-8H2,1-2H3,(H3,24,26,27,28,30). The van der Waals surface area contributed by atoms with Crippen LogP contribution >= 0.6 is 10.0 Å². The topological polar surface area (TPSA) is 98.7 Å². The van der Waals surface area contributed by atoms with Crippen molar-refractivity contribution in [1.29, 1.82) is 0 Å². The minimum Gasteiger partial charge on any atom is -0.383 e. The number of hydrogen-bond acceptors (Lipinski definition) is 5. The molecule has 11 heteroatoms. The van der Waals surface area contributed by atoms with Gasteiger partial charge in [-0.25, -0.2) is 28.1 Å². The molecule has 0 atom stereocenters. The van der Waals surface area contributed by atoms with E-state index in [0.29, 0.717) is 22.9 Å². The third-order valence-electron chi connectivity index (χ3n) is 5.31. The van der Waals surface area contributed by atoms with Gasteiger partial charge in [0.15, 0.2) is 17.5 Å². The molecule has 2 aromatic heterocycles. The van der Waals surface area contributed by atoms with Gasteiger partial charge in [-0.3, -0.25) is 9.36 Å². The average Bonchev–Trinajstić information content (AvgIpc) is 3.36. The molecular weight excluding hydrogens is 429 g/mol. The Morgan fingerprint density at radius 2 is 1.90 bits per heavy atom. The fourth-order valence-corrected chi connectivity index (χ4v) is 5.64. The number of nitrogens with zero attached hydrogens (tertiary/aromatic N) is 4. The Morgan fingerprint density at radius 1 is 1.16 bits per heavy atom. The van der Waals surface area contributed by atoms with E-state index >= 15 is 0 Å². The summed E-state index contributed by atoms with van der Waals surface area (Å²) in [5, 5.41) is 5.43. The molecule has 2 aliphatic rings. The highest BCUT2D eigenvalue weighted by Crippen LogP contribution is 2.58.